The van der Waals surface area contributed by atoms with Crippen LogP contribution in [-0.2, 0) is 10.4 Å². The highest BCUT2D eigenvalue weighted by molar-refractivity contribution is 5.91. The minimum absolute atomic E-state index is 0.0480. The lowest BCUT2D eigenvalue weighted by molar-refractivity contribution is -0.384. The molecule has 2 aromatic carbocycles. The number of aliphatic hydroxyl groups is 1. The molecule has 0 bridgehead atoms. The van der Waals surface area contributed by atoms with Gasteiger partial charge in [-0.1, -0.05) is 60.7 Å². The van der Waals surface area contributed by atoms with Crippen LogP contribution in [-0.4, -0.2) is 20.9 Å². The maximum absolute atomic E-state index is 12.9. The Labute approximate surface area is 154 Å². The molecule has 0 atom stereocenters. The third-order valence-electron chi connectivity index (χ3n) is 4.02. The van der Waals surface area contributed by atoms with Crippen molar-refractivity contribution in [1.82, 2.24) is 10.4 Å². The second-order valence-corrected chi connectivity index (χ2v) is 5.67. The van der Waals surface area contributed by atoms with Crippen LogP contribution in [0.5, 0.6) is 0 Å². The predicted molar refractivity (Wildman–Crippen MR) is 98.5 cm³/mol. The van der Waals surface area contributed by atoms with Crippen LogP contribution in [0, 0.1) is 10.1 Å². The van der Waals surface area contributed by atoms with E-state index in [-0.39, 0.29) is 11.4 Å². The van der Waals surface area contributed by atoms with E-state index in [1.54, 1.807) is 60.7 Å². The second kappa shape index (κ2) is 7.63. The number of benzene rings is 2. The molecular formula is C19H16N4O4. The molecule has 3 rings (SSSR count). The van der Waals surface area contributed by atoms with Crippen molar-refractivity contribution in [2.75, 3.05) is 5.43 Å². The summed E-state index contributed by atoms with van der Waals surface area (Å²) in [7, 11) is 0. The van der Waals surface area contributed by atoms with Gasteiger partial charge in [-0.05, 0) is 17.2 Å². The lowest BCUT2D eigenvalue weighted by Crippen LogP contribution is -2.47. The minimum Gasteiger partial charge on any atom is -0.372 e. The Morgan fingerprint density at radius 1 is 1.00 bits per heavy atom. The van der Waals surface area contributed by atoms with E-state index in [2.05, 4.69) is 15.8 Å². The van der Waals surface area contributed by atoms with Gasteiger partial charge >= 0.3 is 5.69 Å². The highest BCUT2D eigenvalue weighted by Crippen LogP contribution is 2.30. The lowest BCUT2D eigenvalue weighted by atomic mass is 9.85. The smallest absolute Gasteiger partial charge is 0.312 e. The molecular weight excluding hydrogens is 348 g/mol. The summed E-state index contributed by atoms with van der Waals surface area (Å²) in [5, 5.41) is 22.4. The number of rotatable bonds is 6. The average Bonchev–Trinajstić information content (AvgIpc) is 2.72. The summed E-state index contributed by atoms with van der Waals surface area (Å²) < 4.78 is 0. The zero-order valence-electron chi connectivity index (χ0n) is 14.1. The molecule has 0 spiro atoms. The van der Waals surface area contributed by atoms with E-state index in [1.165, 1.54) is 12.3 Å². The molecule has 1 heterocycles. The Bertz CT molecular complexity index is 909. The normalized spacial score (nSPS) is 10.9. The molecule has 3 N–H and O–H groups in total. The Morgan fingerprint density at radius 2 is 1.56 bits per heavy atom. The Balaban J connectivity index is 1.93. The van der Waals surface area contributed by atoms with E-state index < -0.39 is 16.4 Å². The molecule has 8 heteroatoms. The van der Waals surface area contributed by atoms with Crippen LogP contribution in [0.3, 0.4) is 0 Å². The summed E-state index contributed by atoms with van der Waals surface area (Å²) in [5.74, 6) is -0.786. The molecule has 1 amide bonds. The highest BCUT2D eigenvalue weighted by atomic mass is 16.6. The van der Waals surface area contributed by atoms with Crippen LogP contribution in [0.15, 0.2) is 79.1 Å². The number of nitro groups is 1. The van der Waals surface area contributed by atoms with Crippen molar-refractivity contribution in [3.63, 3.8) is 0 Å². The molecule has 0 saturated heterocycles. The summed E-state index contributed by atoms with van der Waals surface area (Å²) in [5.41, 5.74) is 3.34. The molecule has 0 radical (unpaired) electrons. The van der Waals surface area contributed by atoms with Gasteiger partial charge in [0, 0.05) is 6.20 Å². The number of carbonyl (C=O) groups is 1. The van der Waals surface area contributed by atoms with Gasteiger partial charge in [0.05, 0.1) is 4.92 Å². The fourth-order valence-electron chi connectivity index (χ4n) is 2.64. The van der Waals surface area contributed by atoms with Gasteiger partial charge in [-0.2, -0.15) is 0 Å². The van der Waals surface area contributed by atoms with Crippen LogP contribution in [0.1, 0.15) is 11.1 Å². The van der Waals surface area contributed by atoms with Crippen molar-refractivity contribution < 1.29 is 14.8 Å². The van der Waals surface area contributed by atoms with Crippen molar-refractivity contribution in [2.24, 2.45) is 0 Å². The summed E-state index contributed by atoms with van der Waals surface area (Å²) in [6.07, 6.45) is 2.41. The number of hydrazine groups is 1. The number of nitrogens with zero attached hydrogens (tertiary/aromatic N) is 2. The predicted octanol–water partition coefficient (Wildman–Crippen LogP) is 2.37. The van der Waals surface area contributed by atoms with Crippen molar-refractivity contribution in [3.8, 4) is 0 Å². The first-order valence-electron chi connectivity index (χ1n) is 8.01. The molecule has 136 valence electrons. The van der Waals surface area contributed by atoms with E-state index in [1.807, 2.05) is 0 Å². The maximum atomic E-state index is 12.9. The third kappa shape index (κ3) is 3.60. The molecule has 0 aliphatic heterocycles. The van der Waals surface area contributed by atoms with Crippen LogP contribution in [0.2, 0.25) is 0 Å². The first-order chi connectivity index (χ1) is 13.0. The quantitative estimate of drug-likeness (QED) is 0.457. The second-order valence-electron chi connectivity index (χ2n) is 5.67. The van der Waals surface area contributed by atoms with Gasteiger partial charge in [0.15, 0.2) is 5.60 Å². The summed E-state index contributed by atoms with van der Waals surface area (Å²) in [6.45, 7) is 0. The number of hydrogen-bond donors (Lipinski definition) is 3. The Morgan fingerprint density at radius 3 is 2.07 bits per heavy atom. The van der Waals surface area contributed by atoms with Gasteiger partial charge in [-0.15, -0.1) is 0 Å². The van der Waals surface area contributed by atoms with Gasteiger partial charge in [0.1, 0.15) is 11.9 Å². The van der Waals surface area contributed by atoms with E-state index >= 15 is 0 Å². The lowest BCUT2D eigenvalue weighted by Gasteiger charge is -2.28. The molecule has 0 saturated carbocycles. The maximum Gasteiger partial charge on any atom is 0.312 e. The van der Waals surface area contributed by atoms with Crippen molar-refractivity contribution in [1.29, 1.82) is 0 Å². The zero-order valence-corrected chi connectivity index (χ0v) is 14.1. The van der Waals surface area contributed by atoms with Crippen molar-refractivity contribution >= 4 is 17.3 Å². The summed E-state index contributed by atoms with van der Waals surface area (Å²) in [6, 6.07) is 18.2. The zero-order chi connectivity index (χ0) is 19.3. The number of anilines is 1. The molecule has 3 aromatic rings. The standard InChI is InChI=1S/C19H16N4O4/c24-18(22-21-16-11-12-20-13-17(16)23(26)27)19(25,14-7-3-1-4-8-14)15-9-5-2-6-10-15/h1-13,25H,(H,20,21)(H,22,24). The van der Waals surface area contributed by atoms with Crippen LogP contribution < -0.4 is 10.9 Å². The molecule has 1 aromatic heterocycles. The van der Waals surface area contributed by atoms with Crippen LogP contribution in [0.25, 0.3) is 0 Å². The third-order valence-corrected chi connectivity index (χ3v) is 4.02. The number of nitrogens with one attached hydrogen (secondary N) is 2. The number of hydrogen-bond acceptors (Lipinski definition) is 6. The SMILES string of the molecule is O=C(NNc1ccncc1[N+](=O)[O-])C(O)(c1ccccc1)c1ccccc1. The van der Waals surface area contributed by atoms with Crippen LogP contribution >= 0.6 is 0 Å². The number of pyridine rings is 1. The van der Waals surface area contributed by atoms with Gasteiger partial charge < -0.3 is 5.11 Å². The van der Waals surface area contributed by atoms with E-state index in [0.717, 1.165) is 6.20 Å². The molecule has 8 nitrogen and oxygen atoms in total. The van der Waals surface area contributed by atoms with Gasteiger partial charge in [0.2, 0.25) is 0 Å². The molecule has 27 heavy (non-hydrogen) atoms. The van der Waals surface area contributed by atoms with E-state index in [4.69, 9.17) is 0 Å². The topological polar surface area (TPSA) is 117 Å². The van der Waals surface area contributed by atoms with E-state index in [0.29, 0.717) is 11.1 Å². The van der Waals surface area contributed by atoms with Crippen molar-refractivity contribution in [3.05, 3.63) is 100 Å². The molecule has 0 aliphatic carbocycles. The Kier molecular flexibility index (Phi) is 5.09. The van der Waals surface area contributed by atoms with Crippen molar-refractivity contribution in [2.45, 2.75) is 5.60 Å². The Hall–Kier alpha value is -3.78. The molecule has 0 aliphatic rings. The summed E-state index contributed by atoms with van der Waals surface area (Å²) >= 11 is 0. The summed E-state index contributed by atoms with van der Waals surface area (Å²) in [4.78, 5) is 27.1. The monoisotopic (exact) mass is 364 g/mol. The number of carbonyl (C=O) groups excluding carboxylic acids is 1. The molecule has 0 unspecified atom stereocenters. The fraction of sp³-hybridized carbons (Fsp3) is 0.0526. The van der Waals surface area contributed by atoms with Gasteiger partial charge in [0.25, 0.3) is 5.91 Å². The van der Waals surface area contributed by atoms with Gasteiger partial charge in [-0.25, -0.2) is 0 Å². The average molecular weight is 364 g/mol. The number of amides is 1. The highest BCUT2D eigenvalue weighted by Gasteiger charge is 2.40. The minimum atomic E-state index is -1.99. The van der Waals surface area contributed by atoms with Crippen LogP contribution in [0.4, 0.5) is 11.4 Å². The molecule has 0 fully saturated rings. The first kappa shape index (κ1) is 18.0. The largest absolute Gasteiger partial charge is 0.372 e. The fourth-order valence-corrected chi connectivity index (χ4v) is 2.64. The van der Waals surface area contributed by atoms with E-state index in [9.17, 15) is 20.0 Å². The first-order valence-corrected chi connectivity index (χ1v) is 8.01. The van der Waals surface area contributed by atoms with Gasteiger partial charge in [-0.3, -0.25) is 30.7 Å². The number of aromatic nitrogens is 1.